The van der Waals surface area contributed by atoms with E-state index in [-0.39, 0.29) is 11.7 Å². The highest BCUT2D eigenvalue weighted by atomic mass is 35.5. The maximum absolute atomic E-state index is 11.2. The van der Waals surface area contributed by atoms with E-state index in [0.29, 0.717) is 16.9 Å². The van der Waals surface area contributed by atoms with Crippen LogP contribution in [0.3, 0.4) is 0 Å². The van der Waals surface area contributed by atoms with Gasteiger partial charge in [0.1, 0.15) is 0 Å². The molecule has 2 aromatic heterocycles. The summed E-state index contributed by atoms with van der Waals surface area (Å²) in [5.41, 5.74) is 0.771. The summed E-state index contributed by atoms with van der Waals surface area (Å²) in [6, 6.07) is 3.68. The summed E-state index contributed by atoms with van der Waals surface area (Å²) in [7, 11) is 0. The van der Waals surface area contributed by atoms with Crippen molar-refractivity contribution in [2.75, 3.05) is 12.4 Å². The Bertz CT molecular complexity index is 543. The van der Waals surface area contributed by atoms with E-state index in [1.807, 2.05) is 18.3 Å². The number of rotatable bonds is 4. The Kier molecular flexibility index (Phi) is 3.86. The van der Waals surface area contributed by atoms with Crippen LogP contribution in [0, 0.1) is 0 Å². The SMILES string of the molecule is CCOC(=O)CSc1nnc(Cl)c2cccn12. The zero-order valence-corrected chi connectivity index (χ0v) is 10.7. The molecule has 2 heterocycles. The van der Waals surface area contributed by atoms with Gasteiger partial charge in [-0.2, -0.15) is 0 Å². The largest absolute Gasteiger partial charge is 0.465 e. The summed E-state index contributed by atoms with van der Waals surface area (Å²) >= 11 is 7.15. The predicted octanol–water partition coefficient (Wildman–Crippen LogP) is 2.04. The standard InChI is InChI=1S/C10H10ClN3O2S/c1-2-16-8(15)6-17-10-13-12-9(11)7-4-3-5-14(7)10/h3-5H,2,6H2,1H3. The van der Waals surface area contributed by atoms with Gasteiger partial charge in [0.2, 0.25) is 0 Å². The Hall–Kier alpha value is -1.27. The smallest absolute Gasteiger partial charge is 0.316 e. The Morgan fingerprint density at radius 1 is 1.59 bits per heavy atom. The van der Waals surface area contributed by atoms with Crippen molar-refractivity contribution >= 4 is 34.8 Å². The first-order valence-electron chi connectivity index (χ1n) is 5.00. The van der Waals surface area contributed by atoms with E-state index in [1.54, 1.807) is 11.3 Å². The minimum absolute atomic E-state index is 0.206. The molecule has 5 nitrogen and oxygen atoms in total. The normalized spacial score (nSPS) is 10.7. The van der Waals surface area contributed by atoms with Crippen LogP contribution in [-0.2, 0) is 9.53 Å². The topological polar surface area (TPSA) is 56.5 Å². The molecule has 0 spiro atoms. The van der Waals surface area contributed by atoms with Crippen molar-refractivity contribution in [1.29, 1.82) is 0 Å². The summed E-state index contributed by atoms with van der Waals surface area (Å²) in [5.74, 6) is -0.0631. The predicted molar refractivity (Wildman–Crippen MR) is 65.4 cm³/mol. The molecule has 0 aliphatic heterocycles. The Morgan fingerprint density at radius 2 is 2.41 bits per heavy atom. The number of hydrogen-bond donors (Lipinski definition) is 0. The average Bonchev–Trinajstić information content (AvgIpc) is 2.78. The zero-order chi connectivity index (χ0) is 12.3. The summed E-state index contributed by atoms with van der Waals surface area (Å²) in [5, 5.41) is 8.73. The van der Waals surface area contributed by atoms with E-state index in [1.165, 1.54) is 11.8 Å². The van der Waals surface area contributed by atoms with Crippen LogP contribution < -0.4 is 0 Å². The molecular formula is C10H10ClN3O2S. The van der Waals surface area contributed by atoms with Crippen molar-refractivity contribution in [2.45, 2.75) is 12.1 Å². The lowest BCUT2D eigenvalue weighted by Crippen LogP contribution is -2.08. The number of aromatic nitrogens is 3. The van der Waals surface area contributed by atoms with Crippen LogP contribution in [0.2, 0.25) is 5.15 Å². The van der Waals surface area contributed by atoms with Gasteiger partial charge in [-0.15, -0.1) is 10.2 Å². The first-order valence-corrected chi connectivity index (χ1v) is 6.36. The van der Waals surface area contributed by atoms with Gasteiger partial charge in [0, 0.05) is 6.20 Å². The van der Waals surface area contributed by atoms with E-state index in [0.717, 1.165) is 5.52 Å². The first kappa shape index (κ1) is 12.2. The van der Waals surface area contributed by atoms with Gasteiger partial charge in [-0.3, -0.25) is 9.20 Å². The molecule has 0 N–H and O–H groups in total. The van der Waals surface area contributed by atoms with Crippen LogP contribution >= 0.6 is 23.4 Å². The molecule has 0 unspecified atom stereocenters. The molecule has 17 heavy (non-hydrogen) atoms. The monoisotopic (exact) mass is 271 g/mol. The lowest BCUT2D eigenvalue weighted by Gasteiger charge is -2.04. The van der Waals surface area contributed by atoms with Crippen LogP contribution in [0.15, 0.2) is 23.5 Å². The number of nitrogens with zero attached hydrogens (tertiary/aromatic N) is 3. The van der Waals surface area contributed by atoms with Crippen molar-refractivity contribution in [3.63, 3.8) is 0 Å². The first-order chi connectivity index (χ1) is 8.22. The summed E-state index contributed by atoms with van der Waals surface area (Å²) < 4.78 is 6.63. The number of ether oxygens (including phenoxy) is 1. The van der Waals surface area contributed by atoms with Crippen molar-refractivity contribution in [3.8, 4) is 0 Å². The number of esters is 1. The highest BCUT2D eigenvalue weighted by Gasteiger charge is 2.10. The average molecular weight is 272 g/mol. The number of halogens is 1. The van der Waals surface area contributed by atoms with Crippen LogP contribution in [0.1, 0.15) is 6.92 Å². The minimum atomic E-state index is -0.269. The lowest BCUT2D eigenvalue weighted by molar-refractivity contribution is -0.139. The third-order valence-electron chi connectivity index (χ3n) is 2.01. The molecule has 0 amide bonds. The highest BCUT2D eigenvalue weighted by molar-refractivity contribution is 7.99. The maximum Gasteiger partial charge on any atom is 0.316 e. The third-order valence-corrected chi connectivity index (χ3v) is 3.20. The molecule has 0 aromatic carbocycles. The summed E-state index contributed by atoms with van der Waals surface area (Å²) in [6.07, 6.45) is 1.82. The number of carbonyl (C=O) groups excluding carboxylic acids is 1. The van der Waals surface area contributed by atoms with Gasteiger partial charge in [-0.1, -0.05) is 23.4 Å². The van der Waals surface area contributed by atoms with Crippen molar-refractivity contribution < 1.29 is 9.53 Å². The molecular weight excluding hydrogens is 262 g/mol. The van der Waals surface area contributed by atoms with Gasteiger partial charge in [0.05, 0.1) is 17.9 Å². The molecule has 0 saturated heterocycles. The zero-order valence-electron chi connectivity index (χ0n) is 9.09. The fourth-order valence-corrected chi connectivity index (χ4v) is 2.25. The molecule has 0 atom stereocenters. The van der Waals surface area contributed by atoms with Crippen LogP contribution in [0.25, 0.3) is 5.52 Å². The van der Waals surface area contributed by atoms with Crippen molar-refractivity contribution in [2.24, 2.45) is 0 Å². The van der Waals surface area contributed by atoms with Gasteiger partial charge >= 0.3 is 5.97 Å². The molecule has 0 aliphatic rings. The lowest BCUT2D eigenvalue weighted by atomic mass is 10.5. The minimum Gasteiger partial charge on any atom is -0.465 e. The highest BCUT2D eigenvalue weighted by Crippen LogP contribution is 2.21. The second kappa shape index (κ2) is 5.37. The van der Waals surface area contributed by atoms with Crippen LogP contribution in [-0.4, -0.2) is 32.9 Å². The molecule has 2 rings (SSSR count). The number of fused-ring (bicyclic) bond motifs is 1. The number of thioether (sulfide) groups is 1. The molecule has 0 radical (unpaired) electrons. The molecule has 0 fully saturated rings. The second-order valence-corrected chi connectivity index (χ2v) is 4.43. The molecule has 0 aliphatic carbocycles. The molecule has 7 heteroatoms. The maximum atomic E-state index is 11.2. The number of carbonyl (C=O) groups is 1. The Balaban J connectivity index is 2.16. The van der Waals surface area contributed by atoms with Gasteiger partial charge < -0.3 is 4.74 Å². The van der Waals surface area contributed by atoms with E-state index in [9.17, 15) is 4.79 Å². The van der Waals surface area contributed by atoms with Gasteiger partial charge in [-0.25, -0.2) is 0 Å². The Morgan fingerprint density at radius 3 is 3.18 bits per heavy atom. The second-order valence-electron chi connectivity index (χ2n) is 3.13. The van der Waals surface area contributed by atoms with E-state index in [4.69, 9.17) is 16.3 Å². The fraction of sp³-hybridized carbons (Fsp3) is 0.300. The van der Waals surface area contributed by atoms with E-state index in [2.05, 4.69) is 10.2 Å². The third kappa shape index (κ3) is 2.70. The van der Waals surface area contributed by atoms with E-state index >= 15 is 0 Å². The van der Waals surface area contributed by atoms with Crippen molar-refractivity contribution in [3.05, 3.63) is 23.5 Å². The molecule has 0 bridgehead atoms. The van der Waals surface area contributed by atoms with Crippen LogP contribution in [0.5, 0.6) is 0 Å². The van der Waals surface area contributed by atoms with Gasteiger partial charge in [0.25, 0.3) is 0 Å². The molecule has 90 valence electrons. The summed E-state index contributed by atoms with van der Waals surface area (Å²) in [4.78, 5) is 11.2. The van der Waals surface area contributed by atoms with E-state index < -0.39 is 0 Å². The number of hydrogen-bond acceptors (Lipinski definition) is 5. The quantitative estimate of drug-likeness (QED) is 0.629. The molecule has 0 saturated carbocycles. The van der Waals surface area contributed by atoms with Crippen molar-refractivity contribution in [1.82, 2.24) is 14.6 Å². The fourth-order valence-electron chi connectivity index (χ4n) is 1.33. The van der Waals surface area contributed by atoms with Gasteiger partial charge in [-0.05, 0) is 19.1 Å². The summed E-state index contributed by atoms with van der Waals surface area (Å²) in [6.45, 7) is 2.15. The molecule has 2 aromatic rings. The van der Waals surface area contributed by atoms with Crippen LogP contribution in [0.4, 0.5) is 0 Å². The Labute approximate surface area is 107 Å². The van der Waals surface area contributed by atoms with Gasteiger partial charge in [0.15, 0.2) is 10.3 Å².